The summed E-state index contributed by atoms with van der Waals surface area (Å²) in [5.74, 6) is 0.660. The quantitative estimate of drug-likeness (QED) is 0.379. The first-order valence-corrected chi connectivity index (χ1v) is 7.10. The molecule has 6 heteroatoms. The van der Waals surface area contributed by atoms with Crippen molar-refractivity contribution < 1.29 is 9.94 Å². The number of likely N-dealkylation sites (tertiary alicyclic amines) is 1. The van der Waals surface area contributed by atoms with Crippen molar-refractivity contribution in [2.75, 3.05) is 20.2 Å². The first-order valence-electron chi connectivity index (χ1n) is 6.72. The predicted molar refractivity (Wildman–Crippen MR) is 79.7 cm³/mol. The van der Waals surface area contributed by atoms with E-state index in [4.69, 9.17) is 27.3 Å². The second kappa shape index (κ2) is 6.81. The molecule has 0 bridgehead atoms. The van der Waals surface area contributed by atoms with Crippen molar-refractivity contribution in [2.24, 2.45) is 10.9 Å². The van der Waals surface area contributed by atoms with Crippen molar-refractivity contribution in [3.63, 3.8) is 0 Å². The second-order valence-corrected chi connectivity index (χ2v) is 5.45. The normalized spacial score (nSPS) is 20.3. The highest BCUT2D eigenvalue weighted by atomic mass is 35.5. The molecule has 0 spiro atoms. The minimum atomic E-state index is 0.0334. The van der Waals surface area contributed by atoms with E-state index in [2.05, 4.69) is 17.1 Å². The van der Waals surface area contributed by atoms with Crippen molar-refractivity contribution in [1.29, 1.82) is 0 Å². The number of benzene rings is 1. The van der Waals surface area contributed by atoms with Crippen LogP contribution in [0.3, 0.4) is 0 Å². The minimum Gasteiger partial charge on any atom is -0.492 e. The lowest BCUT2D eigenvalue weighted by Crippen LogP contribution is -2.26. The molecule has 0 aliphatic carbocycles. The van der Waals surface area contributed by atoms with Gasteiger partial charge in [0.05, 0.1) is 11.6 Å². The van der Waals surface area contributed by atoms with Gasteiger partial charge in [-0.3, -0.25) is 0 Å². The molecule has 1 aliphatic heterocycles. The van der Waals surface area contributed by atoms with Crippen molar-refractivity contribution in [1.82, 2.24) is 4.90 Å². The number of oxime groups is 1. The molecule has 2 rings (SSSR count). The van der Waals surface area contributed by atoms with E-state index >= 15 is 0 Å². The van der Waals surface area contributed by atoms with Gasteiger partial charge in [0.25, 0.3) is 0 Å². The Morgan fingerprint density at radius 3 is 3.00 bits per heavy atom. The summed E-state index contributed by atoms with van der Waals surface area (Å²) in [5, 5.41) is 12.0. The molecule has 1 atom stereocenters. The molecule has 110 valence electrons. The summed E-state index contributed by atoms with van der Waals surface area (Å²) in [7, 11) is 2.15. The Bertz CT molecular complexity index is 493. The molecule has 1 saturated heterocycles. The van der Waals surface area contributed by atoms with Gasteiger partial charge in [-0.05, 0) is 51.1 Å². The van der Waals surface area contributed by atoms with Gasteiger partial charge in [-0.25, -0.2) is 0 Å². The number of hydrogen-bond acceptors (Lipinski definition) is 4. The molecule has 1 aliphatic rings. The second-order valence-electron chi connectivity index (χ2n) is 5.04. The number of ether oxygens (including phenoxy) is 1. The maximum atomic E-state index is 8.62. The summed E-state index contributed by atoms with van der Waals surface area (Å²) in [4.78, 5) is 2.37. The summed E-state index contributed by atoms with van der Waals surface area (Å²) in [6, 6.07) is 5.70. The van der Waals surface area contributed by atoms with Gasteiger partial charge in [0, 0.05) is 11.6 Å². The molecule has 1 aromatic carbocycles. The number of hydrogen-bond donors (Lipinski definition) is 2. The number of halogens is 1. The van der Waals surface area contributed by atoms with E-state index in [1.807, 2.05) is 0 Å². The molecule has 20 heavy (non-hydrogen) atoms. The summed E-state index contributed by atoms with van der Waals surface area (Å²) in [5.41, 5.74) is 6.08. The third-order valence-electron chi connectivity index (χ3n) is 3.72. The summed E-state index contributed by atoms with van der Waals surface area (Å²) in [6.45, 7) is 1.80. The highest BCUT2D eigenvalue weighted by Gasteiger charge is 2.20. The van der Waals surface area contributed by atoms with Crippen molar-refractivity contribution in [2.45, 2.75) is 25.3 Å². The fourth-order valence-corrected chi connectivity index (χ4v) is 2.72. The monoisotopic (exact) mass is 297 g/mol. The van der Waals surface area contributed by atoms with Gasteiger partial charge in [0.15, 0.2) is 5.84 Å². The molecule has 0 saturated carbocycles. The fourth-order valence-electron chi connectivity index (χ4n) is 2.48. The average Bonchev–Trinajstić information content (AvgIpc) is 2.85. The molecular formula is C14H20ClN3O2. The number of nitrogens with two attached hydrogens (primary N) is 1. The summed E-state index contributed by atoms with van der Waals surface area (Å²) < 4.78 is 5.71. The Morgan fingerprint density at radius 1 is 1.60 bits per heavy atom. The lowest BCUT2D eigenvalue weighted by atomic mass is 10.1. The van der Waals surface area contributed by atoms with Crippen molar-refractivity contribution >= 4 is 17.4 Å². The van der Waals surface area contributed by atoms with Crippen LogP contribution in [0.1, 0.15) is 24.8 Å². The molecule has 0 amide bonds. The van der Waals surface area contributed by atoms with Gasteiger partial charge in [0.1, 0.15) is 5.75 Å². The highest BCUT2D eigenvalue weighted by molar-refractivity contribution is 6.32. The van der Waals surface area contributed by atoms with Crippen molar-refractivity contribution in [3.05, 3.63) is 28.8 Å². The van der Waals surface area contributed by atoms with Crippen molar-refractivity contribution in [3.8, 4) is 5.75 Å². The molecule has 3 N–H and O–H groups in total. The van der Waals surface area contributed by atoms with Gasteiger partial charge in [-0.2, -0.15) is 0 Å². The lowest BCUT2D eigenvalue weighted by Gasteiger charge is -2.19. The molecule has 5 nitrogen and oxygen atoms in total. The van der Waals surface area contributed by atoms with Crippen LogP contribution < -0.4 is 10.5 Å². The Labute approximate surface area is 124 Å². The van der Waals surface area contributed by atoms with E-state index in [0.29, 0.717) is 29.0 Å². The Hall–Kier alpha value is -1.46. The van der Waals surface area contributed by atoms with Gasteiger partial charge >= 0.3 is 0 Å². The van der Waals surface area contributed by atoms with E-state index in [0.717, 1.165) is 6.42 Å². The zero-order valence-electron chi connectivity index (χ0n) is 11.6. The standard InChI is InChI=1S/C14H20ClN3O2/c1-18-7-2-3-11(18)6-8-20-13-5-4-10(9-12(13)15)14(16)17-19/h4-5,9,11,19H,2-3,6-8H2,1H3,(H2,16,17). The summed E-state index contributed by atoms with van der Waals surface area (Å²) >= 11 is 6.13. The van der Waals surface area contributed by atoms with Crippen LogP contribution in [0.15, 0.2) is 23.4 Å². The molecule has 1 heterocycles. The smallest absolute Gasteiger partial charge is 0.170 e. The largest absolute Gasteiger partial charge is 0.492 e. The van der Waals surface area contributed by atoms with Crippen LogP contribution in [0.4, 0.5) is 0 Å². The predicted octanol–water partition coefficient (Wildman–Crippen LogP) is 2.30. The highest BCUT2D eigenvalue weighted by Crippen LogP contribution is 2.26. The third kappa shape index (κ3) is 3.55. The van der Waals surface area contributed by atoms with Gasteiger partial charge in [-0.1, -0.05) is 16.8 Å². The van der Waals surface area contributed by atoms with Crippen LogP contribution in [0.25, 0.3) is 0 Å². The lowest BCUT2D eigenvalue weighted by molar-refractivity contribution is 0.233. The Balaban J connectivity index is 1.90. The summed E-state index contributed by atoms with van der Waals surface area (Å²) in [6.07, 6.45) is 3.49. The van der Waals surface area contributed by atoms with Crippen LogP contribution in [-0.2, 0) is 0 Å². The number of nitrogens with zero attached hydrogens (tertiary/aromatic N) is 2. The Morgan fingerprint density at radius 2 is 2.40 bits per heavy atom. The Kier molecular flexibility index (Phi) is 5.09. The van der Waals surface area contributed by atoms with E-state index in [-0.39, 0.29) is 5.84 Å². The van der Waals surface area contributed by atoms with E-state index < -0.39 is 0 Å². The van der Waals surface area contributed by atoms with E-state index in [1.165, 1.54) is 19.4 Å². The zero-order chi connectivity index (χ0) is 14.5. The molecular weight excluding hydrogens is 278 g/mol. The van der Waals surface area contributed by atoms with Crippen LogP contribution in [0, 0.1) is 0 Å². The van der Waals surface area contributed by atoms with E-state index in [9.17, 15) is 0 Å². The van der Waals surface area contributed by atoms with Gasteiger partial charge in [0.2, 0.25) is 0 Å². The molecule has 0 radical (unpaired) electrons. The maximum absolute atomic E-state index is 8.62. The minimum absolute atomic E-state index is 0.0334. The van der Waals surface area contributed by atoms with Crippen LogP contribution >= 0.6 is 11.6 Å². The molecule has 1 aromatic rings. The van der Waals surface area contributed by atoms with Crippen LogP contribution in [-0.4, -0.2) is 42.2 Å². The fraction of sp³-hybridized carbons (Fsp3) is 0.500. The maximum Gasteiger partial charge on any atom is 0.170 e. The van der Waals surface area contributed by atoms with Gasteiger partial charge in [-0.15, -0.1) is 0 Å². The SMILES string of the molecule is CN1CCCC1CCOc1ccc(C(N)=NO)cc1Cl. The molecule has 0 aromatic heterocycles. The molecule has 1 fully saturated rings. The van der Waals surface area contributed by atoms with Crippen LogP contribution in [0.2, 0.25) is 5.02 Å². The average molecular weight is 298 g/mol. The topological polar surface area (TPSA) is 71.1 Å². The zero-order valence-corrected chi connectivity index (χ0v) is 12.3. The van der Waals surface area contributed by atoms with Gasteiger partial charge < -0.3 is 20.6 Å². The number of rotatable bonds is 5. The third-order valence-corrected chi connectivity index (χ3v) is 4.01. The van der Waals surface area contributed by atoms with E-state index in [1.54, 1.807) is 18.2 Å². The first kappa shape index (κ1) is 14.9. The number of amidine groups is 1. The van der Waals surface area contributed by atoms with Crippen LogP contribution in [0.5, 0.6) is 5.75 Å². The molecule has 1 unspecified atom stereocenters. The first-order chi connectivity index (χ1) is 9.61.